The smallest absolute Gasteiger partial charge is 0.190 e. The number of ether oxygens (including phenoxy) is 1. The van der Waals surface area contributed by atoms with Crippen molar-refractivity contribution in [3.63, 3.8) is 0 Å². The zero-order chi connectivity index (χ0) is 19.3. The molecule has 2 heterocycles. The van der Waals surface area contributed by atoms with Crippen molar-refractivity contribution in [2.45, 2.75) is 26.9 Å². The van der Waals surface area contributed by atoms with E-state index < -0.39 is 0 Å². The molecule has 154 valence electrons. The Morgan fingerprint density at radius 3 is 2.70 bits per heavy atom. The van der Waals surface area contributed by atoms with Gasteiger partial charge >= 0.3 is 0 Å². The molecule has 7 heteroatoms. The predicted octanol–water partition coefficient (Wildman–Crippen LogP) is 1.62. The molecule has 2 N–H and O–H groups in total. The first kappa shape index (κ1) is 21.7. The van der Waals surface area contributed by atoms with Crippen LogP contribution in [0.25, 0.3) is 0 Å². The Balaban J connectivity index is 1.50. The Kier molecular flexibility index (Phi) is 10.3. The summed E-state index contributed by atoms with van der Waals surface area (Å²) in [6.45, 7) is 14.6. The highest BCUT2D eigenvalue weighted by molar-refractivity contribution is 5.79. The Labute approximate surface area is 164 Å². The first-order valence-electron chi connectivity index (χ1n) is 10.2. The van der Waals surface area contributed by atoms with Crippen LogP contribution in [0.2, 0.25) is 0 Å². The van der Waals surface area contributed by atoms with E-state index in [2.05, 4.69) is 39.3 Å². The van der Waals surface area contributed by atoms with Crippen molar-refractivity contribution in [2.24, 2.45) is 10.9 Å². The number of aliphatic imine (C=N–C) groups is 1. The van der Waals surface area contributed by atoms with Crippen LogP contribution in [0.15, 0.2) is 27.8 Å². The lowest BCUT2D eigenvalue weighted by molar-refractivity contribution is 0.105. The summed E-state index contributed by atoms with van der Waals surface area (Å²) < 4.78 is 10.8. The Hall–Kier alpha value is -1.57. The SMILES string of the molecule is CCN1CCN(CC(C)CNC(=NC)NCCCOCc2ccco2)CC1. The number of furan rings is 1. The van der Waals surface area contributed by atoms with E-state index in [0.29, 0.717) is 19.1 Å². The number of hydrogen-bond acceptors (Lipinski definition) is 5. The summed E-state index contributed by atoms with van der Waals surface area (Å²) in [6.07, 6.45) is 2.60. The van der Waals surface area contributed by atoms with Crippen LogP contribution in [0.3, 0.4) is 0 Å². The molecule has 1 atom stereocenters. The number of piperazine rings is 1. The van der Waals surface area contributed by atoms with Gasteiger partial charge in [-0.15, -0.1) is 0 Å². The van der Waals surface area contributed by atoms with E-state index in [0.717, 1.165) is 37.8 Å². The molecule has 1 aromatic heterocycles. The first-order valence-corrected chi connectivity index (χ1v) is 10.2. The third-order valence-electron chi connectivity index (χ3n) is 4.91. The summed E-state index contributed by atoms with van der Waals surface area (Å²) in [5.41, 5.74) is 0. The molecule has 0 bridgehead atoms. The molecule has 1 aliphatic heterocycles. The average Bonchev–Trinajstić information content (AvgIpc) is 3.21. The summed E-state index contributed by atoms with van der Waals surface area (Å²) >= 11 is 0. The third-order valence-corrected chi connectivity index (χ3v) is 4.91. The van der Waals surface area contributed by atoms with Crippen LogP contribution >= 0.6 is 0 Å². The molecule has 0 amide bonds. The molecule has 1 aliphatic rings. The van der Waals surface area contributed by atoms with Crippen LogP contribution in [-0.2, 0) is 11.3 Å². The average molecular weight is 380 g/mol. The second-order valence-corrected chi connectivity index (χ2v) is 7.21. The summed E-state index contributed by atoms with van der Waals surface area (Å²) in [6, 6.07) is 3.80. The van der Waals surface area contributed by atoms with E-state index >= 15 is 0 Å². The normalized spacial score (nSPS) is 17.8. The standard InChI is InChI=1S/C20H37N5O2/c1-4-24-9-11-25(12-10-24)16-18(2)15-23-20(21-3)22-8-6-13-26-17-19-7-5-14-27-19/h5,7,14,18H,4,6,8-13,15-17H2,1-3H3,(H2,21,22,23). The summed E-state index contributed by atoms with van der Waals surface area (Å²) in [7, 11) is 1.82. The van der Waals surface area contributed by atoms with Gasteiger partial charge in [0.25, 0.3) is 0 Å². The number of rotatable bonds is 11. The highest BCUT2D eigenvalue weighted by atomic mass is 16.5. The minimum absolute atomic E-state index is 0.532. The maximum Gasteiger partial charge on any atom is 0.190 e. The third kappa shape index (κ3) is 8.77. The summed E-state index contributed by atoms with van der Waals surface area (Å²) in [5, 5.41) is 6.79. The highest BCUT2D eigenvalue weighted by Gasteiger charge is 2.17. The van der Waals surface area contributed by atoms with Gasteiger partial charge in [-0.25, -0.2) is 0 Å². The summed E-state index contributed by atoms with van der Waals surface area (Å²) in [5.74, 6) is 2.32. The van der Waals surface area contributed by atoms with Gasteiger partial charge in [-0.3, -0.25) is 4.99 Å². The van der Waals surface area contributed by atoms with Gasteiger partial charge in [0.1, 0.15) is 12.4 Å². The molecule has 0 aromatic carbocycles. The lowest BCUT2D eigenvalue weighted by atomic mass is 10.1. The quantitative estimate of drug-likeness (QED) is 0.346. The van der Waals surface area contributed by atoms with Crippen LogP contribution < -0.4 is 10.6 Å². The Morgan fingerprint density at radius 1 is 1.26 bits per heavy atom. The summed E-state index contributed by atoms with van der Waals surface area (Å²) in [4.78, 5) is 9.40. The number of likely N-dealkylation sites (N-methyl/N-ethyl adjacent to an activating group) is 1. The second kappa shape index (κ2) is 12.8. The molecule has 2 rings (SSSR count). The molecule has 1 saturated heterocycles. The van der Waals surface area contributed by atoms with E-state index in [9.17, 15) is 0 Å². The monoisotopic (exact) mass is 379 g/mol. The number of hydrogen-bond donors (Lipinski definition) is 2. The predicted molar refractivity (Wildman–Crippen MR) is 110 cm³/mol. The van der Waals surface area contributed by atoms with Gasteiger partial charge in [0.2, 0.25) is 0 Å². The van der Waals surface area contributed by atoms with Crippen LogP contribution in [0.5, 0.6) is 0 Å². The molecule has 0 radical (unpaired) electrons. The zero-order valence-electron chi connectivity index (χ0n) is 17.2. The van der Waals surface area contributed by atoms with Gasteiger partial charge in [-0.1, -0.05) is 13.8 Å². The fourth-order valence-electron chi connectivity index (χ4n) is 3.23. The molecule has 1 unspecified atom stereocenters. The topological polar surface area (TPSA) is 65.3 Å². The first-order chi connectivity index (χ1) is 13.2. The zero-order valence-corrected chi connectivity index (χ0v) is 17.2. The van der Waals surface area contributed by atoms with Gasteiger partial charge in [-0.05, 0) is 31.0 Å². The number of guanidine groups is 1. The van der Waals surface area contributed by atoms with E-state index in [1.54, 1.807) is 6.26 Å². The lowest BCUT2D eigenvalue weighted by Gasteiger charge is -2.35. The molecule has 27 heavy (non-hydrogen) atoms. The lowest BCUT2D eigenvalue weighted by Crippen LogP contribution is -2.48. The minimum Gasteiger partial charge on any atom is -0.467 e. The Bertz CT molecular complexity index is 512. The van der Waals surface area contributed by atoms with E-state index in [1.807, 2.05) is 19.2 Å². The second-order valence-electron chi connectivity index (χ2n) is 7.21. The maximum atomic E-state index is 5.59. The van der Waals surface area contributed by atoms with E-state index in [1.165, 1.54) is 32.7 Å². The highest BCUT2D eigenvalue weighted by Crippen LogP contribution is 2.05. The fraction of sp³-hybridized carbons (Fsp3) is 0.750. The molecule has 7 nitrogen and oxygen atoms in total. The maximum absolute atomic E-state index is 5.59. The number of nitrogens with zero attached hydrogens (tertiary/aromatic N) is 3. The number of nitrogens with one attached hydrogen (secondary N) is 2. The van der Waals surface area contributed by atoms with Gasteiger partial charge in [-0.2, -0.15) is 0 Å². The molecule has 0 saturated carbocycles. The van der Waals surface area contributed by atoms with Gasteiger partial charge < -0.3 is 29.6 Å². The van der Waals surface area contributed by atoms with E-state index in [4.69, 9.17) is 9.15 Å². The van der Waals surface area contributed by atoms with Crippen LogP contribution in [-0.4, -0.2) is 81.8 Å². The molecule has 1 fully saturated rings. The minimum atomic E-state index is 0.532. The van der Waals surface area contributed by atoms with Crippen molar-refractivity contribution in [3.8, 4) is 0 Å². The van der Waals surface area contributed by atoms with Crippen molar-refractivity contribution < 1.29 is 9.15 Å². The fourth-order valence-corrected chi connectivity index (χ4v) is 3.23. The van der Waals surface area contributed by atoms with Gasteiger partial charge in [0.15, 0.2) is 5.96 Å². The van der Waals surface area contributed by atoms with Crippen LogP contribution in [0, 0.1) is 5.92 Å². The largest absolute Gasteiger partial charge is 0.467 e. The molecule has 0 aliphatic carbocycles. The van der Waals surface area contributed by atoms with Crippen molar-refractivity contribution in [3.05, 3.63) is 24.2 Å². The van der Waals surface area contributed by atoms with Gasteiger partial charge in [0.05, 0.1) is 6.26 Å². The molecule has 1 aromatic rings. The van der Waals surface area contributed by atoms with Crippen LogP contribution in [0.4, 0.5) is 0 Å². The van der Waals surface area contributed by atoms with Crippen molar-refractivity contribution in [2.75, 3.05) is 66.0 Å². The van der Waals surface area contributed by atoms with Crippen molar-refractivity contribution in [1.29, 1.82) is 0 Å². The van der Waals surface area contributed by atoms with Crippen molar-refractivity contribution >= 4 is 5.96 Å². The van der Waals surface area contributed by atoms with Crippen molar-refractivity contribution in [1.82, 2.24) is 20.4 Å². The Morgan fingerprint density at radius 2 is 2.04 bits per heavy atom. The van der Waals surface area contributed by atoms with Gasteiger partial charge in [0, 0.05) is 59.5 Å². The molecule has 0 spiro atoms. The van der Waals surface area contributed by atoms with E-state index in [-0.39, 0.29) is 0 Å². The van der Waals surface area contributed by atoms with Crippen LogP contribution in [0.1, 0.15) is 26.0 Å². The molecular formula is C20H37N5O2. The molecular weight excluding hydrogens is 342 g/mol.